The third kappa shape index (κ3) is 5.27. The summed E-state index contributed by atoms with van der Waals surface area (Å²) in [5.41, 5.74) is 0.425. The van der Waals surface area contributed by atoms with Gasteiger partial charge in [-0.15, -0.1) is 0 Å². The Bertz CT molecular complexity index is 1000. The van der Waals surface area contributed by atoms with Crippen molar-refractivity contribution < 1.29 is 12.8 Å². The zero-order valence-electron chi connectivity index (χ0n) is 17.2. The van der Waals surface area contributed by atoms with Crippen LogP contribution in [0.4, 0.5) is 15.9 Å². The summed E-state index contributed by atoms with van der Waals surface area (Å²) in [4.78, 5) is 9.57. The molecule has 2 aliphatic rings. The van der Waals surface area contributed by atoms with Crippen LogP contribution in [0.1, 0.15) is 44.9 Å². The molecule has 0 spiro atoms. The molecule has 1 aliphatic heterocycles. The van der Waals surface area contributed by atoms with E-state index in [1.165, 1.54) is 50.3 Å². The van der Waals surface area contributed by atoms with Gasteiger partial charge in [-0.1, -0.05) is 30.9 Å². The standard InChI is InChI=1S/C21H27ClFN5O2S/c22-15-12-20(31(29,30)27-21-8-9-24-14-25-21)16(23)13-18(15)26-17-6-2-3-7-19(17)28-10-4-1-5-11-28/h8-9,12-14,17,19,26H,1-7,10-11H2,(H,24,25,27)/t17-,19-/m0/s1. The first-order valence-corrected chi connectivity index (χ1v) is 12.6. The predicted octanol–water partition coefficient (Wildman–Crippen LogP) is 4.28. The minimum Gasteiger partial charge on any atom is -0.379 e. The van der Waals surface area contributed by atoms with E-state index in [0.29, 0.717) is 11.7 Å². The van der Waals surface area contributed by atoms with E-state index in [9.17, 15) is 12.8 Å². The van der Waals surface area contributed by atoms with Gasteiger partial charge in [0.25, 0.3) is 10.0 Å². The van der Waals surface area contributed by atoms with Crippen molar-refractivity contribution in [2.75, 3.05) is 23.1 Å². The number of nitrogens with one attached hydrogen (secondary N) is 2. The van der Waals surface area contributed by atoms with Crippen LogP contribution in [0.2, 0.25) is 5.02 Å². The van der Waals surface area contributed by atoms with Crippen molar-refractivity contribution in [2.45, 2.75) is 61.9 Å². The van der Waals surface area contributed by atoms with Crippen LogP contribution in [0.15, 0.2) is 35.6 Å². The lowest BCUT2D eigenvalue weighted by Crippen LogP contribution is -2.50. The topological polar surface area (TPSA) is 87.2 Å². The van der Waals surface area contributed by atoms with Gasteiger partial charge in [-0.3, -0.25) is 9.62 Å². The molecule has 0 amide bonds. The molecule has 2 heterocycles. The molecule has 0 bridgehead atoms. The van der Waals surface area contributed by atoms with Gasteiger partial charge in [-0.05, 0) is 57.0 Å². The molecule has 0 unspecified atom stereocenters. The maximum atomic E-state index is 14.9. The smallest absolute Gasteiger partial charge is 0.266 e. The van der Waals surface area contributed by atoms with E-state index < -0.39 is 20.7 Å². The molecule has 2 fully saturated rings. The largest absolute Gasteiger partial charge is 0.379 e. The van der Waals surface area contributed by atoms with Gasteiger partial charge in [0.2, 0.25) is 0 Å². The van der Waals surface area contributed by atoms with Crippen molar-refractivity contribution in [3.8, 4) is 0 Å². The minimum atomic E-state index is -4.18. The van der Waals surface area contributed by atoms with Crippen molar-refractivity contribution in [3.63, 3.8) is 0 Å². The number of benzene rings is 1. The van der Waals surface area contributed by atoms with Gasteiger partial charge < -0.3 is 5.32 Å². The molecule has 7 nitrogen and oxygen atoms in total. The van der Waals surface area contributed by atoms with Crippen LogP contribution >= 0.6 is 11.6 Å². The first-order chi connectivity index (χ1) is 14.9. The molecule has 2 aromatic rings. The van der Waals surface area contributed by atoms with Gasteiger partial charge in [-0.2, -0.15) is 0 Å². The maximum absolute atomic E-state index is 14.9. The molecule has 4 rings (SSSR count). The molecule has 2 N–H and O–H groups in total. The molecule has 1 saturated carbocycles. The Balaban J connectivity index is 1.54. The summed E-state index contributed by atoms with van der Waals surface area (Å²) in [6, 6.07) is 4.26. The van der Waals surface area contributed by atoms with Gasteiger partial charge in [0, 0.05) is 18.3 Å². The van der Waals surface area contributed by atoms with Crippen LogP contribution in [0.3, 0.4) is 0 Å². The molecule has 1 aromatic heterocycles. The highest BCUT2D eigenvalue weighted by atomic mass is 35.5. The number of aromatic nitrogens is 2. The minimum absolute atomic E-state index is 0.0549. The van der Waals surface area contributed by atoms with Crippen molar-refractivity contribution >= 4 is 33.1 Å². The van der Waals surface area contributed by atoms with Gasteiger partial charge in [-0.25, -0.2) is 22.8 Å². The lowest BCUT2D eigenvalue weighted by molar-refractivity contribution is 0.121. The van der Waals surface area contributed by atoms with Gasteiger partial charge in [0.1, 0.15) is 22.9 Å². The number of rotatable bonds is 6. The van der Waals surface area contributed by atoms with Gasteiger partial charge >= 0.3 is 0 Å². The molecule has 1 saturated heterocycles. The number of hydrogen-bond acceptors (Lipinski definition) is 6. The molecule has 1 aliphatic carbocycles. The Kier molecular flexibility index (Phi) is 6.93. The Labute approximate surface area is 187 Å². The lowest BCUT2D eigenvalue weighted by Gasteiger charge is -2.42. The molecule has 2 atom stereocenters. The fourth-order valence-electron chi connectivity index (χ4n) is 4.56. The average molecular weight is 468 g/mol. The summed E-state index contributed by atoms with van der Waals surface area (Å²) in [6.45, 7) is 2.19. The first kappa shape index (κ1) is 22.2. The van der Waals surface area contributed by atoms with Crippen LogP contribution in [0.25, 0.3) is 0 Å². The lowest BCUT2D eigenvalue weighted by atomic mass is 9.88. The number of anilines is 2. The van der Waals surface area contributed by atoms with E-state index in [0.717, 1.165) is 38.4 Å². The van der Waals surface area contributed by atoms with E-state index in [1.54, 1.807) is 0 Å². The van der Waals surface area contributed by atoms with Crippen LogP contribution in [-0.4, -0.2) is 48.5 Å². The van der Waals surface area contributed by atoms with E-state index >= 15 is 0 Å². The fourth-order valence-corrected chi connectivity index (χ4v) is 5.93. The molecular weight excluding hydrogens is 441 g/mol. The SMILES string of the molecule is O=S(=O)(Nc1ccncn1)c1cc(Cl)c(N[C@H]2CCCC[C@@H]2N2CCCCC2)cc1F. The van der Waals surface area contributed by atoms with E-state index in [2.05, 4.69) is 24.9 Å². The molecule has 1 aromatic carbocycles. The second-order valence-corrected chi connectivity index (χ2v) is 10.2. The van der Waals surface area contributed by atoms with Crippen molar-refractivity contribution in [1.82, 2.24) is 14.9 Å². The molecule has 0 radical (unpaired) electrons. The molecular formula is C21H27ClFN5O2S. The molecule has 31 heavy (non-hydrogen) atoms. The van der Waals surface area contributed by atoms with Crippen molar-refractivity contribution in [2.24, 2.45) is 0 Å². The average Bonchev–Trinajstić information content (AvgIpc) is 2.77. The van der Waals surface area contributed by atoms with Crippen LogP contribution < -0.4 is 10.0 Å². The third-order valence-corrected chi connectivity index (χ3v) is 7.74. The number of sulfonamides is 1. The highest BCUT2D eigenvalue weighted by Crippen LogP contribution is 2.33. The van der Waals surface area contributed by atoms with Gasteiger partial charge in [0.15, 0.2) is 0 Å². The first-order valence-electron chi connectivity index (χ1n) is 10.7. The summed E-state index contributed by atoms with van der Waals surface area (Å²) in [5, 5.41) is 3.59. The van der Waals surface area contributed by atoms with E-state index in [4.69, 9.17) is 11.6 Å². The van der Waals surface area contributed by atoms with Crippen LogP contribution in [0, 0.1) is 5.82 Å². The van der Waals surface area contributed by atoms with Crippen LogP contribution in [0.5, 0.6) is 0 Å². The Morgan fingerprint density at radius 1 is 1.10 bits per heavy atom. The number of likely N-dealkylation sites (tertiary alicyclic amines) is 1. The summed E-state index contributed by atoms with van der Waals surface area (Å²) < 4.78 is 42.4. The number of nitrogens with zero attached hydrogens (tertiary/aromatic N) is 3. The zero-order chi connectivity index (χ0) is 21.8. The summed E-state index contributed by atoms with van der Waals surface area (Å²) in [6.07, 6.45) is 10.7. The fraction of sp³-hybridized carbons (Fsp3) is 0.524. The monoisotopic (exact) mass is 467 g/mol. The Morgan fingerprint density at radius 3 is 2.61 bits per heavy atom. The summed E-state index contributed by atoms with van der Waals surface area (Å²) in [5.74, 6) is -0.807. The van der Waals surface area contributed by atoms with Gasteiger partial charge in [0.05, 0.1) is 10.7 Å². The molecule has 168 valence electrons. The normalized spacial score (nSPS) is 22.8. The van der Waals surface area contributed by atoms with Crippen molar-refractivity contribution in [1.29, 1.82) is 0 Å². The second-order valence-electron chi connectivity index (χ2n) is 8.16. The Morgan fingerprint density at radius 2 is 1.87 bits per heavy atom. The quantitative estimate of drug-likeness (QED) is 0.659. The molecule has 10 heteroatoms. The number of piperidine rings is 1. The predicted molar refractivity (Wildman–Crippen MR) is 119 cm³/mol. The third-order valence-electron chi connectivity index (χ3n) is 6.06. The Hall–Kier alpha value is -1.97. The number of halogens is 2. The van der Waals surface area contributed by atoms with Crippen LogP contribution in [-0.2, 0) is 10.0 Å². The van der Waals surface area contributed by atoms with E-state index in [1.807, 2.05) is 0 Å². The maximum Gasteiger partial charge on any atom is 0.266 e. The summed E-state index contributed by atoms with van der Waals surface area (Å²) >= 11 is 6.40. The highest BCUT2D eigenvalue weighted by molar-refractivity contribution is 7.92. The van der Waals surface area contributed by atoms with Crippen molar-refractivity contribution in [3.05, 3.63) is 41.6 Å². The second kappa shape index (κ2) is 9.67. The number of hydrogen-bond donors (Lipinski definition) is 2. The summed E-state index contributed by atoms with van der Waals surface area (Å²) in [7, 11) is -4.18. The highest BCUT2D eigenvalue weighted by Gasteiger charge is 2.31. The zero-order valence-corrected chi connectivity index (χ0v) is 18.8. The van der Waals surface area contributed by atoms with E-state index in [-0.39, 0.29) is 16.9 Å².